The number of anilines is 1. The second kappa shape index (κ2) is 8.39. The molecule has 1 aliphatic rings. The Balaban J connectivity index is 1.75. The third kappa shape index (κ3) is 3.99. The average molecular weight is 405 g/mol. The first-order chi connectivity index (χ1) is 13.5. The molecule has 0 unspecified atom stereocenters. The zero-order valence-electron chi connectivity index (χ0n) is 15.8. The average Bonchev–Trinajstić information content (AvgIpc) is 3.07. The monoisotopic (exact) mass is 404 g/mol. The Labute approximate surface area is 168 Å². The molecule has 0 bridgehead atoms. The van der Waals surface area contributed by atoms with Crippen LogP contribution in [-0.4, -0.2) is 45.7 Å². The van der Waals surface area contributed by atoms with E-state index in [9.17, 15) is 9.59 Å². The molecule has 1 atom stereocenters. The quantitative estimate of drug-likeness (QED) is 0.801. The van der Waals surface area contributed by atoms with Gasteiger partial charge in [0.15, 0.2) is 11.5 Å². The number of methoxy groups -OCH3 is 3. The van der Waals surface area contributed by atoms with Gasteiger partial charge in [-0.1, -0.05) is 11.6 Å². The van der Waals surface area contributed by atoms with Crippen molar-refractivity contribution in [3.63, 3.8) is 0 Å². The number of nitrogens with one attached hydrogen (secondary N) is 1. The maximum atomic E-state index is 12.7. The van der Waals surface area contributed by atoms with Gasteiger partial charge in [-0.05, 0) is 30.3 Å². The molecule has 0 aromatic heterocycles. The van der Waals surface area contributed by atoms with Crippen LogP contribution in [0.5, 0.6) is 17.2 Å². The molecule has 1 N–H and O–H groups in total. The molecule has 2 aromatic carbocycles. The highest BCUT2D eigenvalue weighted by atomic mass is 35.5. The van der Waals surface area contributed by atoms with Crippen molar-refractivity contribution >= 4 is 29.1 Å². The van der Waals surface area contributed by atoms with Crippen molar-refractivity contribution in [1.29, 1.82) is 0 Å². The van der Waals surface area contributed by atoms with E-state index in [0.717, 1.165) is 0 Å². The summed E-state index contributed by atoms with van der Waals surface area (Å²) in [5.41, 5.74) is 1.01. The molecule has 0 aliphatic carbocycles. The van der Waals surface area contributed by atoms with Crippen LogP contribution in [0.25, 0.3) is 0 Å². The summed E-state index contributed by atoms with van der Waals surface area (Å²) in [5.74, 6) is 1.10. The highest BCUT2D eigenvalue weighted by Crippen LogP contribution is 2.33. The third-order valence-corrected chi connectivity index (χ3v) is 4.78. The van der Waals surface area contributed by atoms with Gasteiger partial charge in [0.25, 0.3) is 5.91 Å². The Morgan fingerprint density at radius 1 is 1.04 bits per heavy atom. The minimum Gasteiger partial charge on any atom is -0.496 e. The maximum absolute atomic E-state index is 12.7. The lowest BCUT2D eigenvalue weighted by Gasteiger charge is -2.19. The smallest absolute Gasteiger partial charge is 0.255 e. The van der Waals surface area contributed by atoms with E-state index < -0.39 is 0 Å². The number of carbonyl (C=O) groups is 2. The van der Waals surface area contributed by atoms with Gasteiger partial charge >= 0.3 is 0 Å². The fourth-order valence-corrected chi connectivity index (χ4v) is 3.34. The van der Waals surface area contributed by atoms with Crippen molar-refractivity contribution in [2.45, 2.75) is 12.5 Å². The molecule has 1 saturated heterocycles. The zero-order valence-corrected chi connectivity index (χ0v) is 16.6. The van der Waals surface area contributed by atoms with Crippen molar-refractivity contribution < 1.29 is 23.8 Å². The molecular weight excluding hydrogens is 384 g/mol. The summed E-state index contributed by atoms with van der Waals surface area (Å²) in [5, 5.41) is 3.31. The number of halogens is 1. The number of ether oxygens (including phenoxy) is 3. The minimum absolute atomic E-state index is 0.0874. The number of rotatable bonds is 6. The molecule has 0 radical (unpaired) electrons. The number of carbonyl (C=O) groups excluding carboxylic acids is 2. The van der Waals surface area contributed by atoms with Crippen LogP contribution in [0.3, 0.4) is 0 Å². The molecule has 2 aromatic rings. The van der Waals surface area contributed by atoms with Crippen LogP contribution >= 0.6 is 11.6 Å². The summed E-state index contributed by atoms with van der Waals surface area (Å²) < 4.78 is 15.7. The van der Waals surface area contributed by atoms with Crippen molar-refractivity contribution in [2.75, 3.05) is 32.8 Å². The van der Waals surface area contributed by atoms with Crippen LogP contribution in [0, 0.1) is 0 Å². The largest absolute Gasteiger partial charge is 0.496 e. The van der Waals surface area contributed by atoms with Crippen LogP contribution in [0.4, 0.5) is 5.69 Å². The summed E-state index contributed by atoms with van der Waals surface area (Å²) in [6.07, 6.45) is 0.197. The molecule has 2 amide bonds. The summed E-state index contributed by atoms with van der Waals surface area (Å²) >= 11 is 5.99. The van der Waals surface area contributed by atoms with Crippen LogP contribution < -0.4 is 24.4 Å². The topological polar surface area (TPSA) is 77.1 Å². The van der Waals surface area contributed by atoms with Crippen LogP contribution in [0.15, 0.2) is 36.4 Å². The molecule has 28 heavy (non-hydrogen) atoms. The lowest BCUT2D eigenvalue weighted by Crippen LogP contribution is -2.37. The van der Waals surface area contributed by atoms with Crippen molar-refractivity contribution in [3.05, 3.63) is 47.0 Å². The lowest BCUT2D eigenvalue weighted by atomic mass is 10.1. The fraction of sp³-hybridized carbons (Fsp3) is 0.300. The van der Waals surface area contributed by atoms with Crippen LogP contribution in [0.1, 0.15) is 16.8 Å². The minimum atomic E-state index is -0.341. The first kappa shape index (κ1) is 19.8. The summed E-state index contributed by atoms with van der Waals surface area (Å²) in [7, 11) is 4.57. The number of nitrogens with zero attached hydrogens (tertiary/aromatic N) is 1. The molecule has 7 nitrogen and oxygen atoms in total. The van der Waals surface area contributed by atoms with Gasteiger partial charge in [-0.25, -0.2) is 0 Å². The van der Waals surface area contributed by atoms with Gasteiger partial charge in [0, 0.05) is 29.7 Å². The van der Waals surface area contributed by atoms with E-state index in [1.165, 1.54) is 14.2 Å². The van der Waals surface area contributed by atoms with E-state index >= 15 is 0 Å². The van der Waals surface area contributed by atoms with Gasteiger partial charge in [0.05, 0.1) is 32.9 Å². The number of hydrogen-bond donors (Lipinski definition) is 1. The lowest BCUT2D eigenvalue weighted by molar-refractivity contribution is -0.117. The Morgan fingerprint density at radius 2 is 1.71 bits per heavy atom. The molecule has 0 saturated carbocycles. The van der Waals surface area contributed by atoms with Gasteiger partial charge in [0.1, 0.15) is 5.75 Å². The van der Waals surface area contributed by atoms with Gasteiger partial charge in [0.2, 0.25) is 5.91 Å². The Morgan fingerprint density at radius 3 is 2.39 bits per heavy atom. The molecule has 148 valence electrons. The van der Waals surface area contributed by atoms with E-state index in [1.54, 1.807) is 48.4 Å². The molecule has 8 heteroatoms. The second-order valence-corrected chi connectivity index (χ2v) is 6.70. The van der Waals surface area contributed by atoms with Crippen LogP contribution in [0.2, 0.25) is 5.02 Å². The van der Waals surface area contributed by atoms with E-state index in [0.29, 0.717) is 40.1 Å². The fourth-order valence-electron chi connectivity index (χ4n) is 3.17. The molecule has 1 fully saturated rings. The third-order valence-electron chi connectivity index (χ3n) is 4.55. The predicted molar refractivity (Wildman–Crippen MR) is 106 cm³/mol. The molecule has 1 aliphatic heterocycles. The number of benzene rings is 2. The first-order valence-corrected chi connectivity index (χ1v) is 9.01. The Hall–Kier alpha value is -2.93. The molecular formula is C20H21ClN2O5. The summed E-state index contributed by atoms with van der Waals surface area (Å²) in [6, 6.07) is 9.74. The van der Waals surface area contributed by atoms with Crippen molar-refractivity contribution in [1.82, 2.24) is 5.32 Å². The predicted octanol–water partition coefficient (Wildman–Crippen LogP) is 2.90. The highest BCUT2D eigenvalue weighted by molar-refractivity contribution is 6.31. The Bertz CT molecular complexity index is 902. The Kier molecular flexibility index (Phi) is 5.94. The summed E-state index contributed by atoms with van der Waals surface area (Å²) in [6.45, 7) is 0.350. The molecule has 0 spiro atoms. The highest BCUT2D eigenvalue weighted by Gasteiger charge is 2.32. The van der Waals surface area contributed by atoms with Gasteiger partial charge in [-0.15, -0.1) is 0 Å². The normalized spacial score (nSPS) is 16.1. The molecule has 1 heterocycles. The maximum Gasteiger partial charge on any atom is 0.255 e. The SMILES string of the molecule is COc1ccc(N2C[C@@H](NC(=O)c3cc(Cl)ccc3OC)CC2=O)cc1OC. The van der Waals surface area contributed by atoms with Crippen molar-refractivity contribution in [3.8, 4) is 17.2 Å². The zero-order chi connectivity index (χ0) is 20.3. The van der Waals surface area contributed by atoms with Crippen molar-refractivity contribution in [2.24, 2.45) is 0 Å². The van der Waals surface area contributed by atoms with E-state index in [-0.39, 0.29) is 24.3 Å². The summed E-state index contributed by atoms with van der Waals surface area (Å²) in [4.78, 5) is 26.8. The standard InChI is InChI=1S/C20H21ClN2O5/c1-26-16-6-4-12(21)8-15(16)20(25)22-13-9-19(24)23(11-13)14-5-7-17(27-2)18(10-14)28-3/h4-8,10,13H,9,11H2,1-3H3,(H,22,25)/t13-/m0/s1. The van der Waals surface area contributed by atoms with E-state index in [4.69, 9.17) is 25.8 Å². The number of hydrogen-bond acceptors (Lipinski definition) is 5. The van der Waals surface area contributed by atoms with E-state index in [2.05, 4.69) is 5.32 Å². The van der Waals surface area contributed by atoms with Gasteiger partial charge < -0.3 is 24.4 Å². The first-order valence-electron chi connectivity index (χ1n) is 8.63. The molecule has 3 rings (SSSR count). The number of amides is 2. The van der Waals surface area contributed by atoms with Gasteiger partial charge in [-0.3, -0.25) is 9.59 Å². The van der Waals surface area contributed by atoms with Crippen LogP contribution in [-0.2, 0) is 4.79 Å². The second-order valence-electron chi connectivity index (χ2n) is 6.26. The van der Waals surface area contributed by atoms with E-state index in [1.807, 2.05) is 0 Å². The van der Waals surface area contributed by atoms with Gasteiger partial charge in [-0.2, -0.15) is 0 Å².